The quantitative estimate of drug-likeness (QED) is 0.533. The summed E-state index contributed by atoms with van der Waals surface area (Å²) in [5, 5.41) is 5.40. The Morgan fingerprint density at radius 3 is 2.16 bits per heavy atom. The lowest BCUT2D eigenvalue weighted by atomic mass is 10.2. The molecule has 0 spiro atoms. The van der Waals surface area contributed by atoms with E-state index in [1.807, 2.05) is 13.8 Å². The Morgan fingerprint density at radius 2 is 1.63 bits per heavy atom. The fourth-order valence-corrected chi connectivity index (χ4v) is 1.12. The minimum Gasteiger partial charge on any atom is -0.377 e. The number of hydrogen-bond donors (Lipinski definition) is 2. The van der Waals surface area contributed by atoms with E-state index in [2.05, 4.69) is 10.6 Å². The number of rotatable bonds is 11. The molecule has 0 saturated heterocycles. The molecule has 0 aromatic rings. The van der Waals surface area contributed by atoms with Crippen LogP contribution in [-0.4, -0.2) is 51.3 Å². The number of amides is 2. The van der Waals surface area contributed by atoms with E-state index in [4.69, 9.17) is 10.8 Å². The number of ether oxygens (including phenoxy) is 2. The van der Waals surface area contributed by atoms with E-state index in [1.54, 1.807) is 0 Å². The van der Waals surface area contributed by atoms with Gasteiger partial charge in [-0.1, -0.05) is 20.7 Å². The summed E-state index contributed by atoms with van der Waals surface area (Å²) < 4.78 is 17.4. The van der Waals surface area contributed by atoms with Crippen LogP contribution in [0.2, 0.25) is 0 Å². The van der Waals surface area contributed by atoms with Crippen molar-refractivity contribution in [1.82, 2.24) is 10.6 Å². The third-order valence-electron chi connectivity index (χ3n) is 2.24. The molecule has 0 radical (unpaired) electrons. The van der Waals surface area contributed by atoms with Gasteiger partial charge in [-0.05, 0) is 0 Å². The Kier molecular flexibility index (Phi) is 9.99. The molecule has 19 heavy (non-hydrogen) atoms. The second-order valence-corrected chi connectivity index (χ2v) is 4.27. The summed E-state index contributed by atoms with van der Waals surface area (Å²) in [4.78, 5) is 22.2. The number of carbonyl (C=O) groups is 2. The summed E-state index contributed by atoms with van der Waals surface area (Å²) in [6.07, 6.45) is 0.227. The molecule has 112 valence electrons. The first kappa shape index (κ1) is 15.9. The van der Waals surface area contributed by atoms with Crippen molar-refractivity contribution in [2.45, 2.75) is 27.2 Å². The molecule has 0 aliphatic carbocycles. The highest BCUT2D eigenvalue weighted by Gasteiger charge is 2.04. The van der Waals surface area contributed by atoms with Crippen molar-refractivity contribution in [3.63, 3.8) is 0 Å². The minimum absolute atomic E-state index is 0.0106. The highest BCUT2D eigenvalue weighted by Crippen LogP contribution is 1.89. The van der Waals surface area contributed by atoms with Gasteiger partial charge in [-0.15, -0.1) is 0 Å². The summed E-state index contributed by atoms with van der Waals surface area (Å²) in [6.45, 7) is 6.53. The van der Waals surface area contributed by atoms with Crippen molar-refractivity contribution >= 4 is 11.8 Å². The molecule has 0 bridgehead atoms. The van der Waals surface area contributed by atoms with Crippen molar-refractivity contribution < 1.29 is 20.4 Å². The molecule has 2 N–H and O–H groups in total. The second-order valence-electron chi connectivity index (χ2n) is 4.27. The number of nitrogens with one attached hydrogen (secondary N) is 2. The average Bonchev–Trinajstić information content (AvgIpc) is 2.40. The van der Waals surface area contributed by atoms with Gasteiger partial charge in [0, 0.05) is 26.8 Å². The maximum Gasteiger partial charge on any atom is 0.222 e. The van der Waals surface area contributed by atoms with Crippen LogP contribution >= 0.6 is 0 Å². The van der Waals surface area contributed by atoms with Gasteiger partial charge in [0.1, 0.15) is 0 Å². The fourth-order valence-electron chi connectivity index (χ4n) is 1.12. The highest BCUT2D eigenvalue weighted by atomic mass is 16.5. The Balaban J connectivity index is 3.17. The Hall–Kier alpha value is -1.14. The van der Waals surface area contributed by atoms with Crippen molar-refractivity contribution in [1.29, 1.82) is 0 Å². The largest absolute Gasteiger partial charge is 0.377 e. The van der Waals surface area contributed by atoms with Crippen LogP contribution < -0.4 is 10.6 Å². The van der Waals surface area contributed by atoms with E-state index in [0.29, 0.717) is 39.5 Å². The van der Waals surface area contributed by atoms with E-state index in [-0.39, 0.29) is 31.1 Å². The second kappa shape index (κ2) is 11.9. The Morgan fingerprint density at radius 1 is 1.05 bits per heavy atom. The van der Waals surface area contributed by atoms with Gasteiger partial charge in [0.05, 0.1) is 26.4 Å². The lowest BCUT2D eigenvalue weighted by Crippen LogP contribution is -2.31. The summed E-state index contributed by atoms with van der Waals surface area (Å²) in [5.41, 5.74) is 0. The van der Waals surface area contributed by atoms with Crippen LogP contribution in [0.15, 0.2) is 0 Å². The smallest absolute Gasteiger partial charge is 0.222 e. The molecule has 0 unspecified atom stereocenters. The average molecular weight is 276 g/mol. The van der Waals surface area contributed by atoms with Crippen molar-refractivity contribution in [2.24, 2.45) is 5.92 Å². The maximum atomic E-state index is 11.2. The van der Waals surface area contributed by atoms with E-state index < -0.39 is 0 Å². The molecule has 0 aromatic heterocycles. The molecule has 0 fully saturated rings. The van der Waals surface area contributed by atoms with Crippen LogP contribution in [0.1, 0.15) is 28.5 Å². The van der Waals surface area contributed by atoms with E-state index >= 15 is 0 Å². The molecular formula is C13H26N2O4. The first-order valence-electron chi connectivity index (χ1n) is 7.27. The fraction of sp³-hybridized carbons (Fsp3) is 0.846. The van der Waals surface area contributed by atoms with Gasteiger partial charge in [0.15, 0.2) is 0 Å². The Labute approximate surface area is 116 Å². The summed E-state index contributed by atoms with van der Waals surface area (Å²) in [6, 6.07) is 0. The predicted octanol–water partition coefficient (Wildman–Crippen LogP) is 0.318. The zero-order chi connectivity index (χ0) is 15.2. The lowest BCUT2D eigenvalue weighted by molar-refractivity contribution is -0.124. The van der Waals surface area contributed by atoms with Crippen molar-refractivity contribution in [3.05, 3.63) is 0 Å². The zero-order valence-electron chi connectivity index (χ0n) is 12.9. The molecule has 0 rings (SSSR count). The standard InChI is InChI=1S/C13H26N2O4/c1-4-12(16)14-5-7-18-9-10-19-8-6-15-13(17)11(2)3/h11H,4-10H2,1-3H3,(H,14,16)(H,15,17)/i1T. The molecular weight excluding hydrogens is 248 g/mol. The number of hydrogen-bond acceptors (Lipinski definition) is 4. The highest BCUT2D eigenvalue weighted by molar-refractivity contribution is 5.77. The maximum absolute atomic E-state index is 11.2. The summed E-state index contributed by atoms with van der Waals surface area (Å²) >= 11 is 0. The molecule has 0 saturated carbocycles. The normalized spacial score (nSPS) is 11.2. The summed E-state index contributed by atoms with van der Waals surface area (Å²) in [7, 11) is 0. The molecule has 6 nitrogen and oxygen atoms in total. The third-order valence-corrected chi connectivity index (χ3v) is 2.24. The monoisotopic (exact) mass is 276 g/mol. The molecule has 0 aromatic carbocycles. The zero-order valence-corrected chi connectivity index (χ0v) is 11.9. The van der Waals surface area contributed by atoms with Gasteiger partial charge >= 0.3 is 0 Å². The van der Waals surface area contributed by atoms with Gasteiger partial charge < -0.3 is 20.1 Å². The summed E-state index contributed by atoms with van der Waals surface area (Å²) in [5.74, 6) is -0.113. The Bertz CT molecular complexity index is 275. The van der Waals surface area contributed by atoms with Crippen molar-refractivity contribution in [2.75, 3.05) is 39.5 Å². The van der Waals surface area contributed by atoms with E-state index in [9.17, 15) is 9.59 Å². The SMILES string of the molecule is [3H]CCC(=O)NCCOCCOCCNC(=O)C(C)C. The minimum atomic E-state index is -0.124. The molecule has 0 heterocycles. The first-order valence-corrected chi connectivity index (χ1v) is 6.57. The van der Waals surface area contributed by atoms with Gasteiger partial charge in [0.25, 0.3) is 0 Å². The lowest BCUT2D eigenvalue weighted by Gasteiger charge is -2.08. The van der Waals surface area contributed by atoms with Crippen LogP contribution in [0.25, 0.3) is 0 Å². The predicted molar refractivity (Wildman–Crippen MR) is 72.8 cm³/mol. The van der Waals surface area contributed by atoms with E-state index in [0.717, 1.165) is 0 Å². The third kappa shape index (κ3) is 11.7. The molecule has 6 heteroatoms. The van der Waals surface area contributed by atoms with Gasteiger partial charge in [0.2, 0.25) is 11.8 Å². The van der Waals surface area contributed by atoms with Crippen LogP contribution in [0.5, 0.6) is 0 Å². The molecule has 0 aliphatic heterocycles. The van der Waals surface area contributed by atoms with Gasteiger partial charge in [-0.25, -0.2) is 0 Å². The van der Waals surface area contributed by atoms with Crippen molar-refractivity contribution in [3.8, 4) is 0 Å². The van der Waals surface area contributed by atoms with Crippen LogP contribution in [-0.2, 0) is 19.1 Å². The molecule has 2 amide bonds. The topological polar surface area (TPSA) is 76.7 Å². The molecule has 0 aliphatic rings. The first-order chi connectivity index (χ1) is 9.57. The van der Waals surface area contributed by atoms with Gasteiger partial charge in [-0.3, -0.25) is 9.59 Å². The molecule has 0 atom stereocenters. The van der Waals surface area contributed by atoms with E-state index in [1.165, 1.54) is 0 Å². The van der Waals surface area contributed by atoms with Gasteiger partial charge in [-0.2, -0.15) is 0 Å². The van der Waals surface area contributed by atoms with Crippen LogP contribution in [0.4, 0.5) is 0 Å². The number of carbonyl (C=O) groups excluding carboxylic acids is 2. The van der Waals surface area contributed by atoms with Crippen LogP contribution in [0.3, 0.4) is 0 Å². The van der Waals surface area contributed by atoms with Crippen LogP contribution in [0, 0.1) is 5.92 Å².